The summed E-state index contributed by atoms with van der Waals surface area (Å²) in [6.07, 6.45) is -4.70. The van der Waals surface area contributed by atoms with Gasteiger partial charge in [0.25, 0.3) is 5.91 Å². The first kappa shape index (κ1) is 22.3. The van der Waals surface area contributed by atoms with Crippen molar-refractivity contribution < 1.29 is 32.2 Å². The molecule has 0 saturated heterocycles. The number of methoxy groups -OCH3 is 2. The molecule has 0 unspecified atom stereocenters. The minimum atomic E-state index is -4.70. The third kappa shape index (κ3) is 5.40. The van der Waals surface area contributed by atoms with E-state index in [1.54, 1.807) is 0 Å². The molecule has 31 heavy (non-hydrogen) atoms. The lowest BCUT2D eigenvalue weighted by atomic mass is 10.1. The van der Waals surface area contributed by atoms with Crippen LogP contribution in [0, 0.1) is 0 Å². The lowest BCUT2D eigenvalue weighted by Gasteiger charge is -2.16. The fraction of sp³-hybridized carbons (Fsp3) is 0.136. The number of anilines is 1. The first-order valence-corrected chi connectivity index (χ1v) is 9.27. The summed E-state index contributed by atoms with van der Waals surface area (Å²) in [6.45, 7) is 0. The molecule has 0 heterocycles. The quantitative estimate of drug-likeness (QED) is 0.470. The highest BCUT2D eigenvalue weighted by Gasteiger charge is 2.35. The molecule has 3 aromatic rings. The van der Waals surface area contributed by atoms with Gasteiger partial charge in [0.15, 0.2) is 11.5 Å². The second-order valence-corrected chi connectivity index (χ2v) is 6.73. The van der Waals surface area contributed by atoms with Gasteiger partial charge in [-0.15, -0.1) is 0 Å². The molecule has 1 N–H and O–H groups in total. The molecule has 3 rings (SSSR count). The minimum Gasteiger partial charge on any atom is -0.493 e. The summed E-state index contributed by atoms with van der Waals surface area (Å²) >= 11 is 5.78. The molecular formula is C22H17ClF3NO4. The number of ether oxygens (including phenoxy) is 3. The SMILES string of the molecule is COc1ccc(C(=O)Nc2ccc(Oc3ccc(Cl)cc3)c(C(F)(F)F)c2)cc1OC. The summed E-state index contributed by atoms with van der Waals surface area (Å²) in [5, 5.41) is 2.88. The number of amides is 1. The average molecular weight is 452 g/mol. The van der Waals surface area contributed by atoms with E-state index < -0.39 is 23.4 Å². The van der Waals surface area contributed by atoms with Crippen LogP contribution in [-0.2, 0) is 6.18 Å². The Bertz CT molecular complexity index is 1090. The molecule has 9 heteroatoms. The molecular weight excluding hydrogens is 435 g/mol. The molecule has 0 aromatic heterocycles. The van der Waals surface area contributed by atoms with Gasteiger partial charge in [-0.3, -0.25) is 4.79 Å². The summed E-state index contributed by atoms with van der Waals surface area (Å²) in [4.78, 5) is 12.5. The second-order valence-electron chi connectivity index (χ2n) is 6.29. The van der Waals surface area contributed by atoms with Crippen molar-refractivity contribution in [3.05, 3.63) is 76.8 Å². The molecule has 3 aromatic carbocycles. The predicted octanol–water partition coefficient (Wildman–Crippen LogP) is 6.42. The van der Waals surface area contributed by atoms with Gasteiger partial charge in [0.05, 0.1) is 14.2 Å². The van der Waals surface area contributed by atoms with Crippen molar-refractivity contribution in [2.75, 3.05) is 19.5 Å². The largest absolute Gasteiger partial charge is 0.493 e. The molecule has 0 fully saturated rings. The van der Waals surface area contributed by atoms with E-state index in [2.05, 4.69) is 5.32 Å². The van der Waals surface area contributed by atoms with E-state index in [1.165, 1.54) is 62.8 Å². The zero-order valence-electron chi connectivity index (χ0n) is 16.4. The molecule has 5 nitrogen and oxygen atoms in total. The predicted molar refractivity (Wildman–Crippen MR) is 110 cm³/mol. The third-order valence-electron chi connectivity index (χ3n) is 4.23. The van der Waals surface area contributed by atoms with Gasteiger partial charge in [-0.2, -0.15) is 13.2 Å². The van der Waals surface area contributed by atoms with Crippen LogP contribution in [0.2, 0.25) is 5.02 Å². The molecule has 0 saturated carbocycles. The lowest BCUT2D eigenvalue weighted by molar-refractivity contribution is -0.138. The van der Waals surface area contributed by atoms with E-state index >= 15 is 0 Å². The van der Waals surface area contributed by atoms with Crippen molar-refractivity contribution in [3.63, 3.8) is 0 Å². The monoisotopic (exact) mass is 451 g/mol. The van der Waals surface area contributed by atoms with Gasteiger partial charge >= 0.3 is 6.18 Å². The number of carbonyl (C=O) groups is 1. The molecule has 162 valence electrons. The molecule has 0 atom stereocenters. The summed E-state index contributed by atoms with van der Waals surface area (Å²) in [6, 6.07) is 13.6. The van der Waals surface area contributed by atoms with Gasteiger partial charge < -0.3 is 19.5 Å². The minimum absolute atomic E-state index is 0.0458. The zero-order chi connectivity index (χ0) is 22.6. The Kier molecular flexibility index (Phi) is 6.60. The Morgan fingerprint density at radius 3 is 2.13 bits per heavy atom. The Labute approximate surface area is 181 Å². The number of carbonyl (C=O) groups excluding carboxylic acids is 1. The summed E-state index contributed by atoms with van der Waals surface area (Å²) in [7, 11) is 2.86. The van der Waals surface area contributed by atoms with Gasteiger partial charge in [0.2, 0.25) is 0 Å². The summed E-state index contributed by atoms with van der Waals surface area (Å²) in [5.74, 6) is -0.0867. The number of nitrogens with one attached hydrogen (secondary N) is 1. The van der Waals surface area contributed by atoms with Crippen molar-refractivity contribution in [1.29, 1.82) is 0 Å². The topological polar surface area (TPSA) is 56.8 Å². The Morgan fingerprint density at radius 2 is 1.52 bits per heavy atom. The van der Waals surface area contributed by atoms with E-state index in [-0.39, 0.29) is 17.0 Å². The number of hydrogen-bond donors (Lipinski definition) is 1. The fourth-order valence-electron chi connectivity index (χ4n) is 2.73. The van der Waals surface area contributed by atoms with Crippen LogP contribution in [0.15, 0.2) is 60.7 Å². The molecule has 0 spiro atoms. The highest BCUT2D eigenvalue weighted by Crippen LogP contribution is 2.40. The van der Waals surface area contributed by atoms with E-state index in [1.807, 2.05) is 0 Å². The third-order valence-corrected chi connectivity index (χ3v) is 4.48. The fourth-order valence-corrected chi connectivity index (χ4v) is 2.85. The number of alkyl halides is 3. The smallest absolute Gasteiger partial charge is 0.420 e. The number of halogens is 4. The van der Waals surface area contributed by atoms with E-state index in [4.69, 9.17) is 25.8 Å². The van der Waals surface area contributed by atoms with Crippen LogP contribution >= 0.6 is 11.6 Å². The highest BCUT2D eigenvalue weighted by atomic mass is 35.5. The molecule has 0 radical (unpaired) electrons. The first-order valence-electron chi connectivity index (χ1n) is 8.89. The van der Waals surface area contributed by atoms with Crippen LogP contribution in [0.25, 0.3) is 0 Å². The maximum Gasteiger partial charge on any atom is 0.420 e. The van der Waals surface area contributed by atoms with E-state index in [0.29, 0.717) is 16.5 Å². The normalized spacial score (nSPS) is 11.0. The molecule has 1 amide bonds. The van der Waals surface area contributed by atoms with E-state index in [0.717, 1.165) is 12.1 Å². The second kappa shape index (κ2) is 9.18. The van der Waals surface area contributed by atoms with Crippen LogP contribution in [0.4, 0.5) is 18.9 Å². The van der Waals surface area contributed by atoms with Crippen molar-refractivity contribution >= 4 is 23.2 Å². The summed E-state index contributed by atoms with van der Waals surface area (Å²) in [5.41, 5.74) is -0.893. The standard InChI is InChI=1S/C22H17ClF3NO4/c1-29-19-9-3-13(11-20(19)30-2)21(28)27-15-6-10-18(17(12-15)22(24,25)26)31-16-7-4-14(23)5-8-16/h3-12H,1-2H3,(H,27,28). The van der Waals surface area contributed by atoms with Gasteiger partial charge in [-0.1, -0.05) is 11.6 Å². The number of rotatable bonds is 6. The van der Waals surface area contributed by atoms with Gasteiger partial charge in [0.1, 0.15) is 17.1 Å². The Morgan fingerprint density at radius 1 is 0.871 bits per heavy atom. The van der Waals surface area contributed by atoms with Crippen LogP contribution < -0.4 is 19.5 Å². The Hall–Kier alpha value is -3.39. The van der Waals surface area contributed by atoms with Crippen LogP contribution in [0.1, 0.15) is 15.9 Å². The Balaban J connectivity index is 1.87. The van der Waals surface area contributed by atoms with Gasteiger partial charge in [-0.25, -0.2) is 0 Å². The van der Waals surface area contributed by atoms with Gasteiger partial charge in [-0.05, 0) is 60.7 Å². The average Bonchev–Trinajstić information content (AvgIpc) is 2.75. The van der Waals surface area contributed by atoms with Crippen molar-refractivity contribution in [1.82, 2.24) is 0 Å². The molecule has 0 bridgehead atoms. The summed E-state index contributed by atoms with van der Waals surface area (Å²) < 4.78 is 56.4. The van der Waals surface area contributed by atoms with Crippen LogP contribution in [0.5, 0.6) is 23.0 Å². The number of benzene rings is 3. The van der Waals surface area contributed by atoms with Crippen molar-refractivity contribution in [3.8, 4) is 23.0 Å². The van der Waals surface area contributed by atoms with Gasteiger partial charge in [0, 0.05) is 16.3 Å². The maximum absolute atomic E-state index is 13.6. The molecule has 0 aliphatic heterocycles. The first-order chi connectivity index (χ1) is 14.7. The molecule has 0 aliphatic rings. The van der Waals surface area contributed by atoms with Crippen LogP contribution in [0.3, 0.4) is 0 Å². The van der Waals surface area contributed by atoms with Crippen molar-refractivity contribution in [2.45, 2.75) is 6.18 Å². The highest BCUT2D eigenvalue weighted by molar-refractivity contribution is 6.30. The molecule has 0 aliphatic carbocycles. The zero-order valence-corrected chi connectivity index (χ0v) is 17.2. The van der Waals surface area contributed by atoms with Crippen LogP contribution in [-0.4, -0.2) is 20.1 Å². The number of hydrogen-bond acceptors (Lipinski definition) is 4. The van der Waals surface area contributed by atoms with E-state index in [9.17, 15) is 18.0 Å². The maximum atomic E-state index is 13.6. The van der Waals surface area contributed by atoms with Crippen molar-refractivity contribution in [2.24, 2.45) is 0 Å². The lowest BCUT2D eigenvalue weighted by Crippen LogP contribution is -2.14.